The molecule has 0 radical (unpaired) electrons. The van der Waals surface area contributed by atoms with Crippen molar-refractivity contribution in [2.45, 2.75) is 44.3 Å². The predicted molar refractivity (Wildman–Crippen MR) is 52.0 cm³/mol. The van der Waals surface area contributed by atoms with E-state index < -0.39 is 15.4 Å². The van der Waals surface area contributed by atoms with Gasteiger partial charge in [0, 0.05) is 5.41 Å². The molecule has 2 aliphatic carbocycles. The van der Waals surface area contributed by atoms with Gasteiger partial charge in [0.15, 0.2) is 0 Å². The third-order valence-electron chi connectivity index (χ3n) is 3.27. The Balaban J connectivity index is 1.99. The lowest BCUT2D eigenvalue weighted by atomic mass is 10.0. The molecule has 0 bridgehead atoms. The van der Waals surface area contributed by atoms with E-state index in [1.54, 1.807) is 6.92 Å². The molecule has 1 amide bonds. The summed E-state index contributed by atoms with van der Waals surface area (Å²) in [5.74, 6) is -0.315. The van der Waals surface area contributed by atoms with Crippen molar-refractivity contribution in [1.29, 1.82) is 0 Å². The van der Waals surface area contributed by atoms with Crippen molar-refractivity contribution >= 4 is 15.9 Å². The number of sulfonamides is 1. The lowest BCUT2D eigenvalue weighted by Gasteiger charge is -2.25. The Morgan fingerprint density at radius 1 is 1.36 bits per heavy atom. The highest BCUT2D eigenvalue weighted by Gasteiger charge is 2.47. The van der Waals surface area contributed by atoms with Gasteiger partial charge in [0.1, 0.15) is 0 Å². The number of hydrogen-bond acceptors (Lipinski definition) is 3. The number of carbonyl (C=O) groups is 1. The Bertz CT molecular complexity index is 352. The molecule has 2 fully saturated rings. The first-order valence-electron chi connectivity index (χ1n) is 5.00. The molecule has 0 aromatic rings. The number of amides is 1. The summed E-state index contributed by atoms with van der Waals surface area (Å²) in [5.41, 5.74) is -0.406. The van der Waals surface area contributed by atoms with E-state index in [1.807, 2.05) is 0 Å². The normalized spacial score (nSPS) is 25.2. The second-order valence-electron chi connectivity index (χ2n) is 4.59. The van der Waals surface area contributed by atoms with Crippen molar-refractivity contribution in [1.82, 2.24) is 4.72 Å². The van der Waals surface area contributed by atoms with Gasteiger partial charge in [-0.05, 0) is 25.7 Å². The molecular weight excluding hydrogens is 202 g/mol. The Morgan fingerprint density at radius 2 is 1.93 bits per heavy atom. The largest absolute Gasteiger partial charge is 0.273 e. The summed E-state index contributed by atoms with van der Waals surface area (Å²) in [4.78, 5) is 11.5. The fourth-order valence-electron chi connectivity index (χ4n) is 1.43. The fraction of sp³-hybridized carbons (Fsp3) is 0.889. The molecule has 0 heterocycles. The van der Waals surface area contributed by atoms with E-state index in [2.05, 4.69) is 4.72 Å². The highest BCUT2D eigenvalue weighted by Crippen LogP contribution is 2.45. The van der Waals surface area contributed by atoms with Crippen LogP contribution in [0.2, 0.25) is 0 Å². The molecule has 2 aliphatic rings. The molecule has 2 rings (SSSR count). The number of carbonyl (C=O) groups excluding carboxylic acids is 1. The average molecular weight is 217 g/mol. The molecule has 0 spiro atoms. The summed E-state index contributed by atoms with van der Waals surface area (Å²) in [6.45, 7) is 1.80. The molecule has 0 aliphatic heterocycles. The second kappa shape index (κ2) is 2.95. The molecule has 80 valence electrons. The first-order chi connectivity index (χ1) is 6.44. The summed E-state index contributed by atoms with van der Waals surface area (Å²) in [6, 6.07) is 0. The molecule has 0 atom stereocenters. The molecule has 14 heavy (non-hydrogen) atoms. The molecule has 2 saturated carbocycles. The quantitative estimate of drug-likeness (QED) is 0.760. The van der Waals surface area contributed by atoms with E-state index >= 15 is 0 Å². The third kappa shape index (κ3) is 1.65. The molecule has 0 unspecified atom stereocenters. The van der Waals surface area contributed by atoms with Crippen molar-refractivity contribution in [3.05, 3.63) is 0 Å². The maximum absolute atomic E-state index is 11.6. The van der Waals surface area contributed by atoms with Gasteiger partial charge in [-0.1, -0.05) is 13.3 Å². The first-order valence-corrected chi connectivity index (χ1v) is 6.55. The van der Waals surface area contributed by atoms with Crippen LogP contribution in [0.5, 0.6) is 0 Å². The highest BCUT2D eigenvalue weighted by molar-refractivity contribution is 7.90. The highest BCUT2D eigenvalue weighted by atomic mass is 32.2. The van der Waals surface area contributed by atoms with Crippen molar-refractivity contribution in [2.24, 2.45) is 5.41 Å². The zero-order chi connectivity index (χ0) is 10.4. The Hall–Kier alpha value is -0.580. The molecular formula is C9H15NO3S. The van der Waals surface area contributed by atoms with Crippen molar-refractivity contribution in [3.63, 3.8) is 0 Å². The third-order valence-corrected chi connectivity index (χ3v) is 5.09. The van der Waals surface area contributed by atoms with E-state index in [0.29, 0.717) is 12.8 Å². The molecule has 0 saturated heterocycles. The lowest BCUT2D eigenvalue weighted by molar-refractivity contribution is -0.123. The number of rotatable bonds is 3. The lowest BCUT2D eigenvalue weighted by Crippen LogP contribution is -2.43. The minimum Gasteiger partial charge on any atom is -0.273 e. The SMILES string of the molecule is CC1(C(=O)NS(=O)(=O)C2CCC2)CC1. The summed E-state index contributed by atoms with van der Waals surface area (Å²) < 4.78 is 25.3. The van der Waals surface area contributed by atoms with Gasteiger partial charge in [-0.25, -0.2) is 8.42 Å². The van der Waals surface area contributed by atoms with E-state index in [-0.39, 0.29) is 11.2 Å². The molecule has 5 heteroatoms. The van der Waals surface area contributed by atoms with E-state index in [0.717, 1.165) is 19.3 Å². The van der Waals surface area contributed by atoms with Crippen LogP contribution >= 0.6 is 0 Å². The maximum Gasteiger partial charge on any atom is 0.239 e. The van der Waals surface area contributed by atoms with Crippen LogP contribution in [0.1, 0.15) is 39.0 Å². The van der Waals surface area contributed by atoms with Crippen molar-refractivity contribution < 1.29 is 13.2 Å². The van der Waals surface area contributed by atoms with E-state index in [4.69, 9.17) is 0 Å². The van der Waals surface area contributed by atoms with Crippen molar-refractivity contribution in [3.8, 4) is 0 Å². The van der Waals surface area contributed by atoms with Crippen LogP contribution in [0.25, 0.3) is 0 Å². The zero-order valence-corrected chi connectivity index (χ0v) is 9.06. The molecule has 4 nitrogen and oxygen atoms in total. The van der Waals surface area contributed by atoms with Crippen LogP contribution in [0.15, 0.2) is 0 Å². The maximum atomic E-state index is 11.6. The standard InChI is InChI=1S/C9H15NO3S/c1-9(5-6-9)8(11)10-14(12,13)7-3-2-4-7/h7H,2-6H2,1H3,(H,10,11). The van der Waals surface area contributed by atoms with Gasteiger partial charge in [-0.2, -0.15) is 0 Å². The molecule has 0 aromatic carbocycles. The van der Waals surface area contributed by atoms with Gasteiger partial charge in [0.05, 0.1) is 5.25 Å². The predicted octanol–water partition coefficient (Wildman–Crippen LogP) is 0.785. The van der Waals surface area contributed by atoms with E-state index in [9.17, 15) is 13.2 Å². The summed E-state index contributed by atoms with van der Waals surface area (Å²) in [6.07, 6.45) is 3.95. The van der Waals surface area contributed by atoms with Crippen LogP contribution in [0, 0.1) is 5.41 Å². The van der Waals surface area contributed by atoms with Crippen LogP contribution in [0.4, 0.5) is 0 Å². The number of hydrogen-bond donors (Lipinski definition) is 1. The Labute approximate surface area is 84.1 Å². The monoisotopic (exact) mass is 217 g/mol. The Kier molecular flexibility index (Phi) is 2.10. The Morgan fingerprint density at radius 3 is 2.29 bits per heavy atom. The summed E-state index contributed by atoms with van der Waals surface area (Å²) in [7, 11) is -3.37. The van der Waals surface area contributed by atoms with Crippen LogP contribution < -0.4 is 4.72 Å². The first kappa shape index (κ1) is 9.96. The summed E-state index contributed by atoms with van der Waals surface area (Å²) >= 11 is 0. The van der Waals surface area contributed by atoms with Crippen LogP contribution in [-0.2, 0) is 14.8 Å². The second-order valence-corrected chi connectivity index (χ2v) is 6.55. The van der Waals surface area contributed by atoms with Gasteiger partial charge < -0.3 is 0 Å². The number of nitrogens with one attached hydrogen (secondary N) is 1. The van der Waals surface area contributed by atoms with E-state index in [1.165, 1.54) is 0 Å². The fourth-order valence-corrected chi connectivity index (χ4v) is 3.06. The van der Waals surface area contributed by atoms with Gasteiger partial charge in [-0.3, -0.25) is 9.52 Å². The smallest absolute Gasteiger partial charge is 0.239 e. The summed E-state index contributed by atoms with van der Waals surface area (Å²) in [5, 5.41) is -0.325. The van der Waals surface area contributed by atoms with Crippen LogP contribution in [-0.4, -0.2) is 19.6 Å². The minimum absolute atomic E-state index is 0.315. The van der Waals surface area contributed by atoms with Crippen molar-refractivity contribution in [2.75, 3.05) is 0 Å². The van der Waals surface area contributed by atoms with Gasteiger partial charge >= 0.3 is 0 Å². The van der Waals surface area contributed by atoms with Gasteiger partial charge in [0.2, 0.25) is 15.9 Å². The topological polar surface area (TPSA) is 63.2 Å². The van der Waals surface area contributed by atoms with Gasteiger partial charge in [0.25, 0.3) is 0 Å². The molecule has 0 aromatic heterocycles. The average Bonchev–Trinajstić information content (AvgIpc) is 2.62. The van der Waals surface area contributed by atoms with Gasteiger partial charge in [-0.15, -0.1) is 0 Å². The zero-order valence-electron chi connectivity index (χ0n) is 8.25. The van der Waals surface area contributed by atoms with Crippen LogP contribution in [0.3, 0.4) is 0 Å². The minimum atomic E-state index is -3.37. The molecule has 1 N–H and O–H groups in total.